The Bertz CT molecular complexity index is 420. The number of nitrogens with one attached hydrogen (secondary N) is 2. The van der Waals surface area contributed by atoms with Crippen LogP contribution in [0.4, 0.5) is 0 Å². The molecule has 22 heavy (non-hydrogen) atoms. The predicted molar refractivity (Wildman–Crippen MR) is 105 cm³/mol. The van der Waals surface area contributed by atoms with Crippen LogP contribution in [-0.4, -0.2) is 38.8 Å². The molecule has 0 saturated carbocycles. The summed E-state index contributed by atoms with van der Waals surface area (Å²) in [6.07, 6.45) is 0. The Balaban J connectivity index is 0.00000441. The van der Waals surface area contributed by atoms with Crippen LogP contribution in [0.2, 0.25) is 0 Å². The quantitative estimate of drug-likeness (QED) is 0.294. The van der Waals surface area contributed by atoms with E-state index in [4.69, 9.17) is 4.74 Å². The van der Waals surface area contributed by atoms with E-state index in [9.17, 15) is 0 Å². The molecule has 0 heterocycles. The van der Waals surface area contributed by atoms with Crippen LogP contribution in [-0.2, 0) is 4.74 Å². The van der Waals surface area contributed by atoms with Crippen molar-refractivity contribution in [3.8, 4) is 0 Å². The van der Waals surface area contributed by atoms with Gasteiger partial charge in [-0.05, 0) is 26.3 Å². The molecular formula is C17H30IN3O. The summed E-state index contributed by atoms with van der Waals surface area (Å²) in [6, 6.07) is 8.68. The van der Waals surface area contributed by atoms with Crippen LogP contribution < -0.4 is 10.6 Å². The second kappa shape index (κ2) is 12.7. The summed E-state index contributed by atoms with van der Waals surface area (Å²) >= 11 is 0. The van der Waals surface area contributed by atoms with Crippen molar-refractivity contribution in [2.24, 2.45) is 4.99 Å². The summed E-state index contributed by atoms with van der Waals surface area (Å²) in [7, 11) is 0. The van der Waals surface area contributed by atoms with E-state index in [1.807, 2.05) is 6.92 Å². The fraction of sp³-hybridized carbons (Fsp3) is 0.588. The van der Waals surface area contributed by atoms with Crippen LogP contribution in [0.25, 0.3) is 0 Å². The molecule has 1 aromatic carbocycles. The number of rotatable bonds is 8. The fourth-order valence-corrected chi connectivity index (χ4v) is 1.96. The molecule has 5 heteroatoms. The number of benzene rings is 1. The molecule has 0 spiro atoms. The fourth-order valence-electron chi connectivity index (χ4n) is 1.96. The van der Waals surface area contributed by atoms with E-state index in [0.29, 0.717) is 12.5 Å². The molecule has 0 saturated heterocycles. The van der Waals surface area contributed by atoms with Crippen molar-refractivity contribution < 1.29 is 4.74 Å². The van der Waals surface area contributed by atoms with Crippen LogP contribution in [0.15, 0.2) is 29.3 Å². The number of ether oxygens (including phenoxy) is 1. The Morgan fingerprint density at radius 2 is 1.86 bits per heavy atom. The van der Waals surface area contributed by atoms with E-state index >= 15 is 0 Å². The molecule has 1 rings (SSSR count). The van der Waals surface area contributed by atoms with Crippen LogP contribution in [0.1, 0.15) is 37.8 Å². The average molecular weight is 419 g/mol. The van der Waals surface area contributed by atoms with Gasteiger partial charge in [-0.15, -0.1) is 24.0 Å². The first-order valence-electron chi connectivity index (χ1n) is 7.83. The largest absolute Gasteiger partial charge is 0.380 e. The Morgan fingerprint density at radius 3 is 2.45 bits per heavy atom. The lowest BCUT2D eigenvalue weighted by Gasteiger charge is -2.14. The lowest BCUT2D eigenvalue weighted by atomic mass is 10.0. The molecule has 0 amide bonds. The van der Waals surface area contributed by atoms with Crippen LogP contribution >= 0.6 is 24.0 Å². The lowest BCUT2D eigenvalue weighted by molar-refractivity contribution is 0.152. The highest BCUT2D eigenvalue weighted by Gasteiger charge is 2.05. The molecule has 0 fully saturated rings. The van der Waals surface area contributed by atoms with Gasteiger partial charge in [0.2, 0.25) is 0 Å². The van der Waals surface area contributed by atoms with Crippen molar-refractivity contribution in [1.29, 1.82) is 0 Å². The Hall–Kier alpha value is -0.820. The molecule has 0 aliphatic carbocycles. The van der Waals surface area contributed by atoms with Gasteiger partial charge in [0, 0.05) is 32.2 Å². The Kier molecular flexibility index (Phi) is 12.2. The minimum Gasteiger partial charge on any atom is -0.380 e. The molecular weight excluding hydrogens is 389 g/mol. The molecule has 0 bridgehead atoms. The Morgan fingerprint density at radius 1 is 1.18 bits per heavy atom. The third kappa shape index (κ3) is 8.58. The number of guanidine groups is 1. The van der Waals surface area contributed by atoms with Gasteiger partial charge in [0.15, 0.2) is 5.96 Å². The zero-order valence-corrected chi connectivity index (χ0v) is 16.5. The van der Waals surface area contributed by atoms with Gasteiger partial charge in [-0.2, -0.15) is 0 Å². The smallest absolute Gasteiger partial charge is 0.191 e. The van der Waals surface area contributed by atoms with Crippen LogP contribution in [0.3, 0.4) is 0 Å². The minimum atomic E-state index is 0. The second-order valence-corrected chi connectivity index (χ2v) is 5.16. The molecule has 1 aromatic rings. The van der Waals surface area contributed by atoms with Crippen molar-refractivity contribution in [3.63, 3.8) is 0 Å². The molecule has 1 atom stereocenters. The highest BCUT2D eigenvalue weighted by atomic mass is 127. The summed E-state index contributed by atoms with van der Waals surface area (Å²) in [6.45, 7) is 12.3. The van der Waals surface area contributed by atoms with Crippen molar-refractivity contribution in [1.82, 2.24) is 10.6 Å². The lowest BCUT2D eigenvalue weighted by Crippen LogP contribution is -2.39. The number of aliphatic imine (C=N–C) groups is 1. The number of aryl methyl sites for hydroxylation is 1. The summed E-state index contributed by atoms with van der Waals surface area (Å²) in [5.74, 6) is 1.27. The first-order chi connectivity index (χ1) is 10.2. The molecule has 0 radical (unpaired) electrons. The molecule has 4 nitrogen and oxygen atoms in total. The summed E-state index contributed by atoms with van der Waals surface area (Å²) in [5, 5.41) is 6.54. The molecule has 126 valence electrons. The minimum absolute atomic E-state index is 0. The van der Waals surface area contributed by atoms with Crippen LogP contribution in [0.5, 0.6) is 0 Å². The van der Waals surface area contributed by atoms with E-state index in [1.54, 1.807) is 0 Å². The zero-order valence-electron chi connectivity index (χ0n) is 14.2. The van der Waals surface area contributed by atoms with Gasteiger partial charge in [0.25, 0.3) is 0 Å². The van der Waals surface area contributed by atoms with E-state index in [0.717, 1.165) is 32.2 Å². The first kappa shape index (κ1) is 21.2. The maximum absolute atomic E-state index is 5.32. The standard InChI is InChI=1S/C17H29N3O.HI/c1-5-18-17(19-11-12-21-6-2)20-13-15(4)16-9-7-14(3)8-10-16;/h7-10,15H,5-6,11-13H2,1-4H3,(H2,18,19,20);1H. The van der Waals surface area contributed by atoms with E-state index in [2.05, 4.69) is 60.7 Å². The summed E-state index contributed by atoms with van der Waals surface area (Å²) < 4.78 is 5.32. The third-order valence-corrected chi connectivity index (χ3v) is 3.26. The number of hydrogen-bond acceptors (Lipinski definition) is 2. The average Bonchev–Trinajstić information content (AvgIpc) is 2.49. The maximum Gasteiger partial charge on any atom is 0.191 e. The van der Waals surface area contributed by atoms with Gasteiger partial charge in [-0.1, -0.05) is 36.8 Å². The zero-order chi connectivity index (χ0) is 15.5. The van der Waals surface area contributed by atoms with Crippen molar-refractivity contribution in [2.75, 3.05) is 32.8 Å². The van der Waals surface area contributed by atoms with E-state index in [1.165, 1.54) is 11.1 Å². The number of nitrogens with zero attached hydrogens (tertiary/aromatic N) is 1. The number of halogens is 1. The first-order valence-corrected chi connectivity index (χ1v) is 7.83. The second-order valence-electron chi connectivity index (χ2n) is 5.16. The molecule has 0 aliphatic heterocycles. The topological polar surface area (TPSA) is 45.7 Å². The van der Waals surface area contributed by atoms with E-state index < -0.39 is 0 Å². The maximum atomic E-state index is 5.32. The monoisotopic (exact) mass is 419 g/mol. The Labute approximate surface area is 152 Å². The SMILES string of the molecule is CCNC(=NCC(C)c1ccc(C)cc1)NCCOCC.I. The third-order valence-electron chi connectivity index (χ3n) is 3.26. The van der Waals surface area contributed by atoms with Gasteiger partial charge < -0.3 is 15.4 Å². The van der Waals surface area contributed by atoms with Gasteiger partial charge in [0.1, 0.15) is 0 Å². The van der Waals surface area contributed by atoms with E-state index in [-0.39, 0.29) is 24.0 Å². The van der Waals surface area contributed by atoms with Crippen molar-refractivity contribution in [3.05, 3.63) is 35.4 Å². The summed E-state index contributed by atoms with van der Waals surface area (Å²) in [4.78, 5) is 4.65. The van der Waals surface area contributed by atoms with Gasteiger partial charge >= 0.3 is 0 Å². The highest BCUT2D eigenvalue weighted by Crippen LogP contribution is 2.15. The molecule has 0 aromatic heterocycles. The molecule has 0 aliphatic rings. The van der Waals surface area contributed by atoms with Crippen molar-refractivity contribution in [2.45, 2.75) is 33.6 Å². The molecule has 2 N–H and O–H groups in total. The number of hydrogen-bond donors (Lipinski definition) is 2. The van der Waals surface area contributed by atoms with Gasteiger partial charge in [-0.3, -0.25) is 4.99 Å². The summed E-state index contributed by atoms with van der Waals surface area (Å²) in [5.41, 5.74) is 2.62. The molecule has 1 unspecified atom stereocenters. The van der Waals surface area contributed by atoms with Gasteiger partial charge in [0.05, 0.1) is 6.61 Å². The normalized spacial score (nSPS) is 12.5. The van der Waals surface area contributed by atoms with Gasteiger partial charge in [-0.25, -0.2) is 0 Å². The van der Waals surface area contributed by atoms with Crippen molar-refractivity contribution >= 4 is 29.9 Å². The highest BCUT2D eigenvalue weighted by molar-refractivity contribution is 14.0. The predicted octanol–water partition coefficient (Wildman–Crippen LogP) is 3.31. The van der Waals surface area contributed by atoms with Crippen LogP contribution in [0, 0.1) is 6.92 Å².